The summed E-state index contributed by atoms with van der Waals surface area (Å²) >= 11 is 12.1. The van der Waals surface area contributed by atoms with E-state index < -0.39 is 0 Å². The van der Waals surface area contributed by atoms with Crippen LogP contribution in [0.2, 0.25) is 10.0 Å². The molecule has 1 N–H and O–H groups in total. The molecular formula is C19H19Cl2N4O+. The minimum Gasteiger partial charge on any atom is -0.360 e. The molecule has 1 saturated heterocycles. The van der Waals surface area contributed by atoms with Crippen molar-refractivity contribution < 1.29 is 9.42 Å². The van der Waals surface area contributed by atoms with Gasteiger partial charge in [-0.1, -0.05) is 46.6 Å². The first kappa shape index (κ1) is 17.3. The summed E-state index contributed by atoms with van der Waals surface area (Å²) in [5.41, 5.74) is 2.05. The van der Waals surface area contributed by atoms with E-state index in [1.54, 1.807) is 0 Å². The highest BCUT2D eigenvalue weighted by atomic mass is 35.5. The van der Waals surface area contributed by atoms with Gasteiger partial charge in [0.15, 0.2) is 6.54 Å². The molecule has 2 aromatic carbocycles. The molecule has 0 bridgehead atoms. The fraction of sp³-hybridized carbons (Fsp3) is 0.263. The third-order valence-corrected chi connectivity index (χ3v) is 5.07. The Morgan fingerprint density at radius 1 is 1.00 bits per heavy atom. The zero-order valence-corrected chi connectivity index (χ0v) is 15.7. The molecule has 0 amide bonds. The minimum atomic E-state index is 0.583. The second kappa shape index (κ2) is 7.66. The highest BCUT2D eigenvalue weighted by Crippen LogP contribution is 2.20. The Bertz CT molecular complexity index is 891. The Balaban J connectivity index is 1.36. The van der Waals surface area contributed by atoms with Crippen LogP contribution in [0.4, 0.5) is 5.69 Å². The first-order chi connectivity index (χ1) is 12.7. The Morgan fingerprint density at radius 3 is 2.46 bits per heavy atom. The molecule has 0 atom stereocenters. The molecule has 0 aliphatic carbocycles. The van der Waals surface area contributed by atoms with Gasteiger partial charge >= 0.3 is 0 Å². The van der Waals surface area contributed by atoms with Crippen LogP contribution in [0.15, 0.2) is 53.1 Å². The number of quaternary nitrogens is 1. The molecule has 1 fully saturated rings. The minimum absolute atomic E-state index is 0.583. The van der Waals surface area contributed by atoms with Gasteiger partial charge in [0.25, 0.3) is 5.89 Å². The molecule has 3 aromatic rings. The summed E-state index contributed by atoms with van der Waals surface area (Å²) in [6.45, 7) is 4.72. The number of nitrogens with one attached hydrogen (secondary N) is 1. The number of nitrogens with zero attached hydrogens (tertiary/aromatic N) is 3. The summed E-state index contributed by atoms with van der Waals surface area (Å²) < 4.78 is 5.43. The maximum atomic E-state index is 6.09. The molecule has 0 saturated carbocycles. The molecule has 0 unspecified atom stereocenters. The van der Waals surface area contributed by atoms with E-state index in [9.17, 15) is 0 Å². The van der Waals surface area contributed by atoms with Crippen molar-refractivity contribution in [3.8, 4) is 11.4 Å². The maximum absolute atomic E-state index is 6.09. The number of halogens is 2. The van der Waals surface area contributed by atoms with Gasteiger partial charge in [-0.2, -0.15) is 4.98 Å². The summed E-state index contributed by atoms with van der Waals surface area (Å²) in [6, 6.07) is 15.5. The molecule has 0 radical (unpaired) electrons. The number of hydrogen-bond donors (Lipinski definition) is 1. The van der Waals surface area contributed by atoms with Crippen molar-refractivity contribution in [1.82, 2.24) is 10.1 Å². The van der Waals surface area contributed by atoms with E-state index in [1.165, 1.54) is 10.6 Å². The smallest absolute Gasteiger partial charge is 0.282 e. The molecule has 1 aliphatic heterocycles. The largest absolute Gasteiger partial charge is 0.360 e. The third-order valence-electron chi connectivity index (χ3n) is 4.60. The van der Waals surface area contributed by atoms with Crippen molar-refractivity contribution in [2.24, 2.45) is 0 Å². The van der Waals surface area contributed by atoms with Crippen LogP contribution in [0.3, 0.4) is 0 Å². The highest BCUT2D eigenvalue weighted by Gasteiger charge is 2.23. The van der Waals surface area contributed by atoms with Gasteiger partial charge in [0.2, 0.25) is 5.82 Å². The summed E-state index contributed by atoms with van der Waals surface area (Å²) in [4.78, 5) is 8.31. The molecule has 2 heterocycles. The number of benzene rings is 2. The Hall–Kier alpha value is -2.08. The van der Waals surface area contributed by atoms with Crippen LogP contribution >= 0.6 is 23.2 Å². The quantitative estimate of drug-likeness (QED) is 0.744. The first-order valence-electron chi connectivity index (χ1n) is 8.60. The molecule has 1 aromatic heterocycles. The average Bonchev–Trinajstić information content (AvgIpc) is 3.11. The Kier molecular flexibility index (Phi) is 5.11. The molecule has 134 valence electrons. The predicted molar refractivity (Wildman–Crippen MR) is 103 cm³/mol. The van der Waals surface area contributed by atoms with E-state index in [1.807, 2.05) is 42.5 Å². The van der Waals surface area contributed by atoms with Crippen LogP contribution in [-0.4, -0.2) is 36.3 Å². The van der Waals surface area contributed by atoms with Gasteiger partial charge < -0.3 is 14.3 Å². The molecule has 7 heteroatoms. The average molecular weight is 390 g/mol. The highest BCUT2D eigenvalue weighted by molar-refractivity contribution is 6.31. The molecule has 1 aliphatic rings. The fourth-order valence-corrected chi connectivity index (χ4v) is 3.59. The monoisotopic (exact) mass is 389 g/mol. The van der Waals surface area contributed by atoms with E-state index in [4.69, 9.17) is 27.7 Å². The second-order valence-corrected chi connectivity index (χ2v) is 7.29. The third kappa shape index (κ3) is 4.01. The van der Waals surface area contributed by atoms with Crippen LogP contribution in [0, 0.1) is 0 Å². The SMILES string of the molecule is Clc1cccc(-c2noc(C[NH+]3CCN(c4cccc(Cl)c4)CC3)n2)c1. The van der Waals surface area contributed by atoms with E-state index in [0.717, 1.165) is 43.3 Å². The first-order valence-corrected chi connectivity index (χ1v) is 9.35. The van der Waals surface area contributed by atoms with E-state index >= 15 is 0 Å². The number of piperazine rings is 1. The van der Waals surface area contributed by atoms with Crippen molar-refractivity contribution in [3.63, 3.8) is 0 Å². The number of rotatable bonds is 4. The normalized spacial score (nSPS) is 15.4. The topological polar surface area (TPSA) is 46.6 Å². The van der Waals surface area contributed by atoms with Crippen molar-refractivity contribution in [2.75, 3.05) is 31.1 Å². The number of aromatic nitrogens is 2. The van der Waals surface area contributed by atoms with Crippen molar-refractivity contribution in [1.29, 1.82) is 0 Å². The Morgan fingerprint density at radius 2 is 1.73 bits per heavy atom. The second-order valence-electron chi connectivity index (χ2n) is 6.42. The molecule has 4 rings (SSSR count). The fourth-order valence-electron chi connectivity index (χ4n) is 3.22. The lowest BCUT2D eigenvalue weighted by atomic mass is 10.2. The van der Waals surface area contributed by atoms with Gasteiger partial charge in [-0.25, -0.2) is 0 Å². The van der Waals surface area contributed by atoms with Gasteiger partial charge in [0, 0.05) is 21.3 Å². The van der Waals surface area contributed by atoms with Crippen molar-refractivity contribution in [3.05, 3.63) is 64.5 Å². The van der Waals surface area contributed by atoms with Gasteiger partial charge in [-0.3, -0.25) is 0 Å². The molecule has 0 spiro atoms. The summed E-state index contributed by atoms with van der Waals surface area (Å²) in [5.74, 6) is 1.24. The molecule has 5 nitrogen and oxygen atoms in total. The lowest BCUT2D eigenvalue weighted by molar-refractivity contribution is -0.915. The van der Waals surface area contributed by atoms with Crippen LogP contribution in [-0.2, 0) is 6.54 Å². The van der Waals surface area contributed by atoms with Crippen LogP contribution in [0.1, 0.15) is 5.89 Å². The van der Waals surface area contributed by atoms with Crippen LogP contribution < -0.4 is 9.80 Å². The van der Waals surface area contributed by atoms with Gasteiger partial charge in [-0.15, -0.1) is 0 Å². The van der Waals surface area contributed by atoms with E-state index in [2.05, 4.69) is 21.1 Å². The van der Waals surface area contributed by atoms with Crippen LogP contribution in [0.25, 0.3) is 11.4 Å². The standard InChI is InChI=1S/C19H18Cl2N4O/c20-15-4-1-3-14(11-15)19-22-18(26-23-19)13-24-7-9-25(10-8-24)17-6-2-5-16(21)12-17/h1-6,11-12H,7-10,13H2/p+1. The lowest BCUT2D eigenvalue weighted by Crippen LogP contribution is -3.13. The number of anilines is 1. The molecule has 26 heavy (non-hydrogen) atoms. The van der Waals surface area contributed by atoms with Crippen LogP contribution in [0.5, 0.6) is 0 Å². The van der Waals surface area contributed by atoms with E-state index in [-0.39, 0.29) is 0 Å². The lowest BCUT2D eigenvalue weighted by Gasteiger charge is -2.33. The zero-order chi connectivity index (χ0) is 17.9. The van der Waals surface area contributed by atoms with Gasteiger partial charge in [0.1, 0.15) is 0 Å². The summed E-state index contributed by atoms with van der Waals surface area (Å²) in [5, 5.41) is 5.52. The summed E-state index contributed by atoms with van der Waals surface area (Å²) in [6.07, 6.45) is 0. The van der Waals surface area contributed by atoms with Gasteiger partial charge in [-0.05, 0) is 30.3 Å². The molecular weight excluding hydrogens is 371 g/mol. The Labute approximate surface area is 162 Å². The predicted octanol–water partition coefficient (Wildman–Crippen LogP) is 2.95. The summed E-state index contributed by atoms with van der Waals surface area (Å²) in [7, 11) is 0. The van der Waals surface area contributed by atoms with Crippen molar-refractivity contribution >= 4 is 28.9 Å². The van der Waals surface area contributed by atoms with Crippen molar-refractivity contribution in [2.45, 2.75) is 6.54 Å². The zero-order valence-electron chi connectivity index (χ0n) is 14.2. The van der Waals surface area contributed by atoms with E-state index in [0.29, 0.717) is 16.7 Å². The maximum Gasteiger partial charge on any atom is 0.282 e. The van der Waals surface area contributed by atoms with Gasteiger partial charge in [0.05, 0.1) is 26.2 Å². The number of hydrogen-bond acceptors (Lipinski definition) is 4.